The molecule has 1 heterocycles. The summed E-state index contributed by atoms with van der Waals surface area (Å²) >= 11 is 12.1. The van der Waals surface area contributed by atoms with Gasteiger partial charge in [0.1, 0.15) is 5.82 Å². The Morgan fingerprint density at radius 1 is 1.40 bits per heavy atom. The Kier molecular flexibility index (Phi) is 3.72. The first-order valence-electron chi connectivity index (χ1n) is 7.22. The number of rotatable bonds is 3. The maximum atomic E-state index is 6.17. The molecule has 20 heavy (non-hydrogen) atoms. The van der Waals surface area contributed by atoms with Crippen molar-refractivity contribution in [3.63, 3.8) is 0 Å². The van der Waals surface area contributed by atoms with Crippen LogP contribution >= 0.6 is 23.2 Å². The van der Waals surface area contributed by atoms with Crippen LogP contribution in [-0.4, -0.2) is 15.4 Å². The quantitative estimate of drug-likeness (QED) is 0.710. The molecule has 0 aliphatic heterocycles. The van der Waals surface area contributed by atoms with Crippen molar-refractivity contribution in [2.75, 3.05) is 5.88 Å². The lowest BCUT2D eigenvalue weighted by Gasteiger charge is -2.20. The van der Waals surface area contributed by atoms with Gasteiger partial charge in [0.15, 0.2) is 0 Å². The molecule has 1 aliphatic rings. The zero-order valence-electron chi connectivity index (χ0n) is 12.0. The third-order valence-electron chi connectivity index (χ3n) is 4.35. The summed E-state index contributed by atoms with van der Waals surface area (Å²) < 4.78 is 2.39. The lowest BCUT2D eigenvalue weighted by molar-refractivity contribution is 0.358. The van der Waals surface area contributed by atoms with Gasteiger partial charge in [-0.2, -0.15) is 0 Å². The van der Waals surface area contributed by atoms with E-state index >= 15 is 0 Å². The zero-order valence-corrected chi connectivity index (χ0v) is 13.5. The van der Waals surface area contributed by atoms with Gasteiger partial charge in [0.25, 0.3) is 0 Å². The predicted octanol–water partition coefficient (Wildman–Crippen LogP) is 5.22. The van der Waals surface area contributed by atoms with Crippen LogP contribution in [0.4, 0.5) is 0 Å². The second-order valence-corrected chi connectivity index (χ2v) is 7.35. The van der Waals surface area contributed by atoms with E-state index in [1.165, 1.54) is 19.3 Å². The maximum Gasteiger partial charge on any atom is 0.111 e. The lowest BCUT2D eigenvalue weighted by Crippen LogP contribution is -2.12. The summed E-state index contributed by atoms with van der Waals surface area (Å²) in [5, 5.41) is 0.772. The zero-order chi connectivity index (χ0) is 14.3. The van der Waals surface area contributed by atoms with Crippen molar-refractivity contribution in [2.45, 2.75) is 45.6 Å². The number of hydrogen-bond donors (Lipinski definition) is 0. The Morgan fingerprint density at radius 3 is 2.85 bits per heavy atom. The summed E-state index contributed by atoms with van der Waals surface area (Å²) in [5.74, 6) is 1.70. The van der Waals surface area contributed by atoms with E-state index in [2.05, 4.69) is 18.4 Å². The van der Waals surface area contributed by atoms with E-state index < -0.39 is 0 Å². The minimum Gasteiger partial charge on any atom is -0.325 e. The fourth-order valence-corrected chi connectivity index (χ4v) is 3.74. The molecule has 2 nitrogen and oxygen atoms in total. The fraction of sp³-hybridized carbons (Fsp3) is 0.562. The normalized spacial score (nSPS) is 21.7. The molecule has 1 unspecified atom stereocenters. The maximum absolute atomic E-state index is 6.17. The smallest absolute Gasteiger partial charge is 0.111 e. The molecule has 4 heteroatoms. The molecule has 1 saturated carbocycles. The van der Waals surface area contributed by atoms with Crippen LogP contribution in [0.1, 0.15) is 45.0 Å². The van der Waals surface area contributed by atoms with Crippen LogP contribution in [-0.2, 0) is 6.42 Å². The summed E-state index contributed by atoms with van der Waals surface area (Å²) in [6.45, 7) is 4.70. The summed E-state index contributed by atoms with van der Waals surface area (Å²) in [4.78, 5) is 4.76. The van der Waals surface area contributed by atoms with Crippen molar-refractivity contribution in [1.82, 2.24) is 9.55 Å². The Morgan fingerprint density at radius 2 is 2.20 bits per heavy atom. The summed E-state index contributed by atoms with van der Waals surface area (Å²) in [6, 6.07) is 6.47. The molecule has 1 fully saturated rings. The summed E-state index contributed by atoms with van der Waals surface area (Å²) in [7, 11) is 0. The van der Waals surface area contributed by atoms with E-state index in [0.717, 1.165) is 28.3 Å². The van der Waals surface area contributed by atoms with E-state index in [0.29, 0.717) is 17.3 Å². The van der Waals surface area contributed by atoms with Crippen LogP contribution in [0.15, 0.2) is 18.2 Å². The number of benzene rings is 1. The van der Waals surface area contributed by atoms with Crippen molar-refractivity contribution in [2.24, 2.45) is 5.41 Å². The highest BCUT2D eigenvalue weighted by Crippen LogP contribution is 2.45. The van der Waals surface area contributed by atoms with Gasteiger partial charge in [-0.15, -0.1) is 11.6 Å². The van der Waals surface area contributed by atoms with Crippen molar-refractivity contribution < 1.29 is 0 Å². The highest BCUT2D eigenvalue weighted by molar-refractivity contribution is 6.31. The minimum absolute atomic E-state index is 0.415. The molecule has 1 aliphatic carbocycles. The van der Waals surface area contributed by atoms with Gasteiger partial charge in [0.2, 0.25) is 0 Å². The molecule has 0 amide bonds. The number of fused-ring (bicyclic) bond motifs is 1. The summed E-state index contributed by atoms with van der Waals surface area (Å²) in [5.41, 5.74) is 2.59. The molecule has 108 valence electrons. The first kappa shape index (κ1) is 14.2. The second-order valence-electron chi connectivity index (χ2n) is 6.53. The molecule has 1 atom stereocenters. The summed E-state index contributed by atoms with van der Waals surface area (Å²) in [6.07, 6.45) is 4.48. The second kappa shape index (κ2) is 5.23. The van der Waals surface area contributed by atoms with Gasteiger partial charge < -0.3 is 4.57 Å². The van der Waals surface area contributed by atoms with Crippen molar-refractivity contribution in [3.05, 3.63) is 29.0 Å². The van der Waals surface area contributed by atoms with Gasteiger partial charge in [-0.05, 0) is 42.9 Å². The molecule has 0 spiro atoms. The lowest BCUT2D eigenvalue weighted by atomic mass is 9.92. The largest absolute Gasteiger partial charge is 0.325 e. The number of nitrogens with zero attached hydrogens (tertiary/aromatic N) is 2. The predicted molar refractivity (Wildman–Crippen MR) is 85.8 cm³/mol. The third kappa shape index (κ3) is 2.56. The number of imidazole rings is 1. The van der Waals surface area contributed by atoms with Crippen LogP contribution in [0.2, 0.25) is 5.02 Å². The molecule has 1 aromatic carbocycles. The monoisotopic (exact) mass is 310 g/mol. The van der Waals surface area contributed by atoms with E-state index in [1.54, 1.807) is 0 Å². The molecule has 0 saturated heterocycles. The van der Waals surface area contributed by atoms with Gasteiger partial charge in [0.05, 0.1) is 11.0 Å². The Balaban J connectivity index is 2.11. The number of aromatic nitrogens is 2. The Labute approximate surface area is 130 Å². The minimum atomic E-state index is 0.415. The van der Waals surface area contributed by atoms with E-state index in [1.807, 2.05) is 18.2 Å². The van der Waals surface area contributed by atoms with Gasteiger partial charge in [-0.1, -0.05) is 25.4 Å². The molecule has 1 aromatic heterocycles. The van der Waals surface area contributed by atoms with Gasteiger partial charge >= 0.3 is 0 Å². The molecule has 0 N–H and O–H groups in total. The average Bonchev–Trinajstić information content (AvgIpc) is 2.89. The number of halogens is 2. The van der Waals surface area contributed by atoms with Gasteiger partial charge in [-0.25, -0.2) is 4.98 Å². The fourth-order valence-electron chi connectivity index (χ4n) is 3.40. The molecule has 2 aromatic rings. The molecule has 0 radical (unpaired) electrons. The highest BCUT2D eigenvalue weighted by Gasteiger charge is 2.33. The standard InChI is InChI=1S/C16H20Cl2N2/c1-16(2)7-5-12(10-16)20-14-9-11(18)3-4-13(14)19-15(20)6-8-17/h3-4,9,12H,5-8,10H2,1-2H3. The van der Waals surface area contributed by atoms with E-state index in [-0.39, 0.29) is 0 Å². The average molecular weight is 311 g/mol. The topological polar surface area (TPSA) is 17.8 Å². The van der Waals surface area contributed by atoms with Crippen LogP contribution in [0.5, 0.6) is 0 Å². The molecular weight excluding hydrogens is 291 g/mol. The van der Waals surface area contributed by atoms with Gasteiger partial charge in [0, 0.05) is 23.4 Å². The number of hydrogen-bond acceptors (Lipinski definition) is 1. The van der Waals surface area contributed by atoms with Gasteiger partial charge in [-0.3, -0.25) is 0 Å². The number of alkyl halides is 1. The Hall–Kier alpha value is -0.730. The molecular formula is C16H20Cl2N2. The van der Waals surface area contributed by atoms with Crippen LogP contribution < -0.4 is 0 Å². The van der Waals surface area contributed by atoms with Crippen molar-refractivity contribution in [3.8, 4) is 0 Å². The SMILES string of the molecule is CC1(C)CCC(n2c(CCCl)nc3ccc(Cl)cc32)C1. The first-order chi connectivity index (χ1) is 9.50. The number of aryl methyl sites for hydroxylation is 1. The first-order valence-corrected chi connectivity index (χ1v) is 8.14. The Bertz CT molecular complexity index is 631. The van der Waals surface area contributed by atoms with Crippen molar-refractivity contribution in [1.29, 1.82) is 0 Å². The molecule has 0 bridgehead atoms. The van der Waals surface area contributed by atoms with Crippen molar-refractivity contribution >= 4 is 34.2 Å². The van der Waals surface area contributed by atoms with Crippen LogP contribution in [0, 0.1) is 5.41 Å². The van der Waals surface area contributed by atoms with E-state index in [9.17, 15) is 0 Å². The highest BCUT2D eigenvalue weighted by atomic mass is 35.5. The van der Waals surface area contributed by atoms with Crippen LogP contribution in [0.25, 0.3) is 11.0 Å². The van der Waals surface area contributed by atoms with Crippen LogP contribution in [0.3, 0.4) is 0 Å². The van der Waals surface area contributed by atoms with E-state index in [4.69, 9.17) is 28.2 Å². The molecule has 3 rings (SSSR count). The third-order valence-corrected chi connectivity index (χ3v) is 4.77.